The molecule has 0 radical (unpaired) electrons. The summed E-state index contributed by atoms with van der Waals surface area (Å²) in [5.41, 5.74) is -0.774. The third kappa shape index (κ3) is 5.35. The van der Waals surface area contributed by atoms with Crippen LogP contribution in [0.15, 0.2) is 0 Å². The van der Waals surface area contributed by atoms with Crippen molar-refractivity contribution in [2.75, 3.05) is 0 Å². The molecule has 0 aromatic rings. The lowest BCUT2D eigenvalue weighted by atomic mass is 9.93. The van der Waals surface area contributed by atoms with Crippen LogP contribution in [0.1, 0.15) is 46.0 Å². The molecule has 0 bridgehead atoms. The van der Waals surface area contributed by atoms with Crippen molar-refractivity contribution in [1.29, 1.82) is 0 Å². The van der Waals surface area contributed by atoms with Gasteiger partial charge in [-0.15, -0.1) is 0 Å². The first-order valence-electron chi connectivity index (χ1n) is 6.27. The Morgan fingerprint density at radius 1 is 1.22 bits per heavy atom. The number of carbonyl (C=O) groups excluding carboxylic acids is 1. The van der Waals surface area contributed by atoms with Gasteiger partial charge in [0.05, 0.1) is 12.5 Å². The van der Waals surface area contributed by atoms with Crippen LogP contribution >= 0.6 is 0 Å². The topological polar surface area (TPSA) is 98.7 Å². The van der Waals surface area contributed by atoms with E-state index in [0.29, 0.717) is 12.8 Å². The van der Waals surface area contributed by atoms with Crippen molar-refractivity contribution < 1.29 is 19.8 Å². The molecule has 1 aliphatic rings. The molecule has 0 aromatic carbocycles. The number of aliphatic hydroxyl groups excluding tert-OH is 1. The summed E-state index contributed by atoms with van der Waals surface area (Å²) in [6.07, 6.45) is 2.54. The number of carbonyl (C=O) groups is 2. The number of urea groups is 1. The third-order valence-electron chi connectivity index (χ3n) is 3.08. The lowest BCUT2D eigenvalue weighted by molar-refractivity contribution is -0.138. The summed E-state index contributed by atoms with van der Waals surface area (Å²) in [5.74, 6) is -0.943. The van der Waals surface area contributed by atoms with Crippen LogP contribution in [-0.4, -0.2) is 39.9 Å². The van der Waals surface area contributed by atoms with Gasteiger partial charge >= 0.3 is 12.0 Å². The van der Waals surface area contributed by atoms with E-state index in [1.165, 1.54) is 0 Å². The minimum atomic E-state index is -0.943. The van der Waals surface area contributed by atoms with Crippen LogP contribution in [0.25, 0.3) is 0 Å². The number of aliphatic hydroxyl groups is 1. The number of hydrogen-bond acceptors (Lipinski definition) is 3. The molecule has 1 aliphatic carbocycles. The molecule has 0 aromatic heterocycles. The summed E-state index contributed by atoms with van der Waals surface area (Å²) in [4.78, 5) is 22.3. The number of carboxylic acid groups (broad SMARTS) is 1. The van der Waals surface area contributed by atoms with E-state index in [0.717, 1.165) is 12.8 Å². The fourth-order valence-corrected chi connectivity index (χ4v) is 2.17. The summed E-state index contributed by atoms with van der Waals surface area (Å²) in [6.45, 7) is 3.34. The molecule has 0 atom stereocenters. The van der Waals surface area contributed by atoms with Crippen LogP contribution in [0.2, 0.25) is 0 Å². The second-order valence-electron chi connectivity index (χ2n) is 5.56. The van der Waals surface area contributed by atoms with Crippen molar-refractivity contribution in [3.63, 3.8) is 0 Å². The zero-order valence-corrected chi connectivity index (χ0v) is 10.9. The highest BCUT2D eigenvalue weighted by Crippen LogP contribution is 2.18. The maximum absolute atomic E-state index is 11.7. The molecule has 4 N–H and O–H groups in total. The average molecular weight is 258 g/mol. The van der Waals surface area contributed by atoms with Gasteiger partial charge in [0, 0.05) is 11.6 Å². The highest BCUT2D eigenvalue weighted by molar-refractivity contribution is 5.76. The standard InChI is InChI=1S/C12H22N2O4/c1-12(2,7-10(16)17)14-11(18)13-8-3-5-9(15)6-4-8/h8-9,15H,3-7H2,1-2H3,(H,16,17)(H2,13,14,18). The van der Waals surface area contributed by atoms with Gasteiger partial charge in [0.25, 0.3) is 0 Å². The Morgan fingerprint density at radius 2 is 1.78 bits per heavy atom. The van der Waals surface area contributed by atoms with Crippen molar-refractivity contribution in [3.8, 4) is 0 Å². The monoisotopic (exact) mass is 258 g/mol. The molecular formula is C12H22N2O4. The van der Waals surface area contributed by atoms with Gasteiger partial charge in [-0.3, -0.25) is 4.79 Å². The van der Waals surface area contributed by atoms with E-state index in [4.69, 9.17) is 5.11 Å². The largest absolute Gasteiger partial charge is 0.481 e. The molecule has 6 nitrogen and oxygen atoms in total. The van der Waals surface area contributed by atoms with Crippen LogP contribution in [0, 0.1) is 0 Å². The van der Waals surface area contributed by atoms with Crippen LogP contribution in [-0.2, 0) is 4.79 Å². The minimum Gasteiger partial charge on any atom is -0.481 e. The van der Waals surface area contributed by atoms with E-state index in [1.807, 2.05) is 0 Å². The van der Waals surface area contributed by atoms with Gasteiger partial charge in [-0.2, -0.15) is 0 Å². The molecule has 0 saturated heterocycles. The maximum atomic E-state index is 11.7. The SMILES string of the molecule is CC(C)(CC(=O)O)NC(=O)NC1CCC(O)CC1. The number of nitrogens with one attached hydrogen (secondary N) is 2. The predicted molar refractivity (Wildman–Crippen MR) is 66.3 cm³/mol. The van der Waals surface area contributed by atoms with Crippen molar-refractivity contribution >= 4 is 12.0 Å². The molecule has 1 rings (SSSR count). The van der Waals surface area contributed by atoms with Gasteiger partial charge in [-0.25, -0.2) is 4.79 Å². The van der Waals surface area contributed by atoms with Crippen molar-refractivity contribution in [3.05, 3.63) is 0 Å². The molecule has 1 fully saturated rings. The van der Waals surface area contributed by atoms with Gasteiger partial charge in [0.15, 0.2) is 0 Å². The molecule has 1 saturated carbocycles. The van der Waals surface area contributed by atoms with Gasteiger partial charge in [-0.1, -0.05) is 0 Å². The molecule has 0 spiro atoms. The molecule has 0 heterocycles. The summed E-state index contributed by atoms with van der Waals surface area (Å²) in [7, 11) is 0. The van der Waals surface area contributed by atoms with Gasteiger partial charge in [0.1, 0.15) is 0 Å². The van der Waals surface area contributed by atoms with E-state index in [2.05, 4.69) is 10.6 Å². The van der Waals surface area contributed by atoms with Crippen LogP contribution < -0.4 is 10.6 Å². The van der Waals surface area contributed by atoms with Gasteiger partial charge in [0.2, 0.25) is 0 Å². The Bertz CT molecular complexity index is 309. The maximum Gasteiger partial charge on any atom is 0.315 e. The molecule has 104 valence electrons. The smallest absolute Gasteiger partial charge is 0.315 e. The fourth-order valence-electron chi connectivity index (χ4n) is 2.17. The molecule has 0 unspecified atom stereocenters. The summed E-state index contributed by atoms with van der Waals surface area (Å²) in [5, 5.41) is 23.5. The Kier molecular flexibility index (Phi) is 4.95. The lowest BCUT2D eigenvalue weighted by Gasteiger charge is -2.29. The van der Waals surface area contributed by atoms with Crippen molar-refractivity contribution in [2.45, 2.75) is 63.6 Å². The number of aliphatic carboxylic acids is 1. The Morgan fingerprint density at radius 3 is 2.28 bits per heavy atom. The van der Waals surface area contributed by atoms with Crippen LogP contribution in [0.4, 0.5) is 4.79 Å². The predicted octanol–water partition coefficient (Wildman–Crippen LogP) is 0.842. The van der Waals surface area contributed by atoms with Crippen molar-refractivity contribution in [1.82, 2.24) is 10.6 Å². The van der Waals surface area contributed by atoms with Gasteiger partial charge < -0.3 is 20.8 Å². The Balaban J connectivity index is 2.35. The van der Waals surface area contributed by atoms with E-state index >= 15 is 0 Å². The van der Waals surface area contributed by atoms with E-state index < -0.39 is 11.5 Å². The zero-order valence-electron chi connectivity index (χ0n) is 10.9. The first-order chi connectivity index (χ1) is 8.28. The third-order valence-corrected chi connectivity index (χ3v) is 3.08. The highest BCUT2D eigenvalue weighted by atomic mass is 16.4. The van der Waals surface area contributed by atoms with E-state index in [-0.39, 0.29) is 24.6 Å². The Hall–Kier alpha value is -1.30. The second-order valence-corrected chi connectivity index (χ2v) is 5.56. The highest BCUT2D eigenvalue weighted by Gasteiger charge is 2.26. The lowest BCUT2D eigenvalue weighted by Crippen LogP contribution is -2.52. The molecule has 2 amide bonds. The van der Waals surface area contributed by atoms with Crippen molar-refractivity contribution in [2.24, 2.45) is 0 Å². The summed E-state index contributed by atoms with van der Waals surface area (Å²) >= 11 is 0. The molecule has 6 heteroatoms. The van der Waals surface area contributed by atoms with E-state index in [1.54, 1.807) is 13.8 Å². The quantitative estimate of drug-likeness (QED) is 0.600. The second kappa shape index (κ2) is 6.04. The molecular weight excluding hydrogens is 236 g/mol. The Labute approximate surface area is 107 Å². The van der Waals surface area contributed by atoms with Crippen LogP contribution in [0.3, 0.4) is 0 Å². The number of rotatable bonds is 4. The summed E-state index contributed by atoms with van der Waals surface area (Å²) < 4.78 is 0. The molecule has 18 heavy (non-hydrogen) atoms. The number of carboxylic acids is 1. The van der Waals surface area contributed by atoms with E-state index in [9.17, 15) is 14.7 Å². The fraction of sp³-hybridized carbons (Fsp3) is 0.833. The first kappa shape index (κ1) is 14.8. The van der Waals surface area contributed by atoms with Gasteiger partial charge in [-0.05, 0) is 39.5 Å². The normalized spacial score (nSPS) is 24.4. The first-order valence-corrected chi connectivity index (χ1v) is 6.27. The number of hydrogen-bond donors (Lipinski definition) is 4. The molecule has 0 aliphatic heterocycles. The van der Waals surface area contributed by atoms with Crippen LogP contribution in [0.5, 0.6) is 0 Å². The summed E-state index contributed by atoms with van der Waals surface area (Å²) in [6, 6.07) is -0.281. The minimum absolute atomic E-state index is 0.0639. The average Bonchev–Trinajstić information content (AvgIpc) is 2.18. The number of amides is 2. The zero-order chi connectivity index (χ0) is 13.8.